The van der Waals surface area contributed by atoms with Crippen LogP contribution in [0.4, 0.5) is 0 Å². The molecular weight excluding hydrogens is 182 g/mol. The van der Waals surface area contributed by atoms with Gasteiger partial charge in [-0.05, 0) is 18.3 Å². The van der Waals surface area contributed by atoms with Gasteiger partial charge in [-0.25, -0.2) is 0 Å². The van der Waals surface area contributed by atoms with Crippen molar-refractivity contribution in [1.82, 2.24) is 0 Å². The summed E-state index contributed by atoms with van der Waals surface area (Å²) in [6.07, 6.45) is 1.96. The molecule has 0 saturated carbocycles. The minimum absolute atomic E-state index is 0.0350. The van der Waals surface area contributed by atoms with Crippen molar-refractivity contribution in [2.45, 2.75) is 39.5 Å². The highest BCUT2D eigenvalue weighted by molar-refractivity contribution is 5.75. The second-order valence-electron chi connectivity index (χ2n) is 3.88. The van der Waals surface area contributed by atoms with Crippen molar-refractivity contribution in [3.63, 3.8) is 0 Å². The quantitative estimate of drug-likeness (QED) is 0.653. The number of carbonyl (C=O) groups excluding carboxylic acids is 1. The summed E-state index contributed by atoms with van der Waals surface area (Å²) >= 11 is 0. The Labute approximate surface area is 84.5 Å². The van der Waals surface area contributed by atoms with Crippen LogP contribution in [-0.4, -0.2) is 17.0 Å². The highest BCUT2D eigenvalue weighted by Gasteiger charge is 2.17. The van der Waals surface area contributed by atoms with Gasteiger partial charge in [-0.15, -0.1) is 0 Å². The van der Waals surface area contributed by atoms with Crippen LogP contribution in [0.15, 0.2) is 0 Å². The van der Waals surface area contributed by atoms with Gasteiger partial charge < -0.3 is 10.8 Å². The van der Waals surface area contributed by atoms with Crippen LogP contribution in [0.2, 0.25) is 0 Å². The first-order valence-corrected chi connectivity index (χ1v) is 4.95. The fraction of sp³-hybridized carbons (Fsp3) is 0.800. The zero-order chi connectivity index (χ0) is 11.1. The molecule has 14 heavy (non-hydrogen) atoms. The van der Waals surface area contributed by atoms with Gasteiger partial charge >= 0.3 is 5.97 Å². The van der Waals surface area contributed by atoms with Crippen molar-refractivity contribution in [1.29, 1.82) is 0 Å². The molecule has 0 radical (unpaired) electrons. The van der Waals surface area contributed by atoms with Crippen LogP contribution in [0.5, 0.6) is 0 Å². The van der Waals surface area contributed by atoms with E-state index >= 15 is 0 Å². The number of aliphatic carboxylic acids is 1. The minimum atomic E-state index is -0.862. The molecular formula is C10H19NO3. The molecule has 2 atom stereocenters. The Balaban J connectivity index is 4.09. The second kappa shape index (κ2) is 6.40. The van der Waals surface area contributed by atoms with Crippen LogP contribution in [0.25, 0.3) is 0 Å². The normalized spacial score (nSPS) is 14.7. The summed E-state index contributed by atoms with van der Waals surface area (Å²) in [5.74, 6) is -0.947. The molecule has 0 bridgehead atoms. The van der Waals surface area contributed by atoms with E-state index in [4.69, 9.17) is 10.8 Å². The molecule has 0 rings (SSSR count). The molecule has 1 amide bonds. The summed E-state index contributed by atoms with van der Waals surface area (Å²) in [4.78, 5) is 21.2. The number of carboxylic acid groups (broad SMARTS) is 1. The molecule has 0 aliphatic heterocycles. The maximum atomic E-state index is 10.7. The lowest BCUT2D eigenvalue weighted by molar-refractivity contribution is -0.138. The van der Waals surface area contributed by atoms with E-state index in [1.807, 2.05) is 6.92 Å². The number of hydrogen-bond acceptors (Lipinski definition) is 2. The maximum Gasteiger partial charge on any atom is 0.303 e. The van der Waals surface area contributed by atoms with Crippen LogP contribution in [0, 0.1) is 11.8 Å². The van der Waals surface area contributed by atoms with Gasteiger partial charge in [0.15, 0.2) is 0 Å². The molecule has 0 aliphatic rings. The Hall–Kier alpha value is -1.06. The predicted molar refractivity (Wildman–Crippen MR) is 53.6 cm³/mol. The van der Waals surface area contributed by atoms with Gasteiger partial charge in [0, 0.05) is 12.8 Å². The zero-order valence-electron chi connectivity index (χ0n) is 8.82. The van der Waals surface area contributed by atoms with Crippen molar-refractivity contribution >= 4 is 11.9 Å². The van der Waals surface area contributed by atoms with E-state index in [2.05, 4.69) is 6.92 Å². The standard InChI is InChI=1S/C10H19NO3/c1-3-7(2)4-8(5-9(11)12)6-10(13)14/h7-8H,3-6H2,1-2H3,(H2,11,12)(H,13,14)/t7?,8-/m1/s1. The van der Waals surface area contributed by atoms with Crippen molar-refractivity contribution in [3.8, 4) is 0 Å². The van der Waals surface area contributed by atoms with Crippen LogP contribution in [-0.2, 0) is 9.59 Å². The summed E-state index contributed by atoms with van der Waals surface area (Å²) < 4.78 is 0. The van der Waals surface area contributed by atoms with Crippen molar-refractivity contribution in [2.24, 2.45) is 17.6 Å². The first-order valence-electron chi connectivity index (χ1n) is 4.95. The van der Waals surface area contributed by atoms with E-state index in [1.54, 1.807) is 0 Å². The molecule has 0 aliphatic carbocycles. The van der Waals surface area contributed by atoms with Gasteiger partial charge in [0.1, 0.15) is 0 Å². The lowest BCUT2D eigenvalue weighted by Gasteiger charge is -2.16. The number of rotatable bonds is 7. The number of nitrogens with two attached hydrogens (primary N) is 1. The van der Waals surface area contributed by atoms with E-state index in [1.165, 1.54) is 0 Å². The SMILES string of the molecule is CCC(C)C[C@H](CC(N)=O)CC(=O)O. The molecule has 0 fully saturated rings. The first-order chi connectivity index (χ1) is 6.45. The Morgan fingerprint density at radius 1 is 1.36 bits per heavy atom. The highest BCUT2D eigenvalue weighted by Crippen LogP contribution is 2.20. The van der Waals surface area contributed by atoms with Crippen molar-refractivity contribution in [3.05, 3.63) is 0 Å². The summed E-state index contributed by atoms with van der Waals surface area (Å²) in [5, 5.41) is 8.63. The molecule has 82 valence electrons. The van der Waals surface area contributed by atoms with E-state index in [0.29, 0.717) is 5.92 Å². The van der Waals surface area contributed by atoms with Gasteiger partial charge in [0.05, 0.1) is 0 Å². The minimum Gasteiger partial charge on any atom is -0.481 e. The topological polar surface area (TPSA) is 80.4 Å². The van der Waals surface area contributed by atoms with E-state index in [0.717, 1.165) is 12.8 Å². The summed E-state index contributed by atoms with van der Waals surface area (Å²) in [7, 11) is 0. The monoisotopic (exact) mass is 201 g/mol. The molecule has 0 aromatic rings. The van der Waals surface area contributed by atoms with E-state index < -0.39 is 11.9 Å². The molecule has 4 heteroatoms. The average molecular weight is 201 g/mol. The van der Waals surface area contributed by atoms with Crippen LogP contribution in [0.1, 0.15) is 39.5 Å². The van der Waals surface area contributed by atoms with Gasteiger partial charge in [0.25, 0.3) is 0 Å². The van der Waals surface area contributed by atoms with Crippen molar-refractivity contribution < 1.29 is 14.7 Å². The number of primary amides is 1. The Kier molecular flexibility index (Phi) is 5.92. The van der Waals surface area contributed by atoms with E-state index in [9.17, 15) is 9.59 Å². The lowest BCUT2D eigenvalue weighted by Crippen LogP contribution is -2.20. The molecule has 0 aromatic carbocycles. The summed E-state index contributed by atoms with van der Waals surface area (Å²) in [6, 6.07) is 0. The highest BCUT2D eigenvalue weighted by atomic mass is 16.4. The largest absolute Gasteiger partial charge is 0.481 e. The third-order valence-corrected chi connectivity index (χ3v) is 2.39. The predicted octanol–water partition coefficient (Wildman–Crippen LogP) is 1.39. The number of carbonyl (C=O) groups is 2. The molecule has 4 nitrogen and oxygen atoms in total. The van der Waals surface area contributed by atoms with E-state index in [-0.39, 0.29) is 18.8 Å². The molecule has 1 unspecified atom stereocenters. The average Bonchev–Trinajstić information content (AvgIpc) is 2.01. The summed E-state index contributed by atoms with van der Waals surface area (Å²) in [5.41, 5.74) is 5.05. The van der Waals surface area contributed by atoms with Crippen LogP contribution in [0.3, 0.4) is 0 Å². The van der Waals surface area contributed by atoms with Gasteiger partial charge in [-0.2, -0.15) is 0 Å². The molecule has 3 N–H and O–H groups in total. The molecule has 0 saturated heterocycles. The first kappa shape index (κ1) is 12.9. The second-order valence-corrected chi connectivity index (χ2v) is 3.88. The number of amides is 1. The Morgan fingerprint density at radius 2 is 1.93 bits per heavy atom. The lowest BCUT2D eigenvalue weighted by atomic mass is 9.89. The van der Waals surface area contributed by atoms with Gasteiger partial charge in [0.2, 0.25) is 5.91 Å². The Bertz CT molecular complexity index is 188. The molecule has 0 spiro atoms. The van der Waals surface area contributed by atoms with Gasteiger partial charge in [-0.3, -0.25) is 9.59 Å². The fourth-order valence-corrected chi connectivity index (χ4v) is 1.51. The third kappa shape index (κ3) is 6.46. The zero-order valence-corrected chi connectivity index (χ0v) is 8.82. The third-order valence-electron chi connectivity index (χ3n) is 2.39. The number of hydrogen-bond donors (Lipinski definition) is 2. The number of carboxylic acids is 1. The molecule has 0 heterocycles. The summed E-state index contributed by atoms with van der Waals surface area (Å²) in [6.45, 7) is 4.10. The van der Waals surface area contributed by atoms with Crippen LogP contribution < -0.4 is 5.73 Å². The maximum absolute atomic E-state index is 10.7. The van der Waals surface area contributed by atoms with Gasteiger partial charge in [-0.1, -0.05) is 20.3 Å². The van der Waals surface area contributed by atoms with Crippen molar-refractivity contribution in [2.75, 3.05) is 0 Å². The Morgan fingerprint density at radius 3 is 2.29 bits per heavy atom. The fourth-order valence-electron chi connectivity index (χ4n) is 1.51. The van der Waals surface area contributed by atoms with Crippen LogP contribution >= 0.6 is 0 Å². The smallest absolute Gasteiger partial charge is 0.303 e. The molecule has 0 aromatic heterocycles.